The van der Waals surface area contributed by atoms with Crippen molar-refractivity contribution >= 4 is 16.8 Å². The SMILES string of the molecule is CNC1=C=CC1.C[C@H](NC(=O)Cc1cc2cc(F)ccc2[nH]c1=O)c1ncc(F)cc1F.[HH].[HH]. The number of carbonyl (C=O) groups is 1. The van der Waals surface area contributed by atoms with E-state index in [4.69, 9.17) is 0 Å². The van der Waals surface area contributed by atoms with Crippen LogP contribution in [0.25, 0.3) is 10.9 Å². The fraction of sp³-hybridized carbons (Fsp3) is 0.217. The summed E-state index contributed by atoms with van der Waals surface area (Å²) in [4.78, 5) is 30.4. The Labute approximate surface area is 184 Å². The van der Waals surface area contributed by atoms with Crippen LogP contribution in [0.4, 0.5) is 13.2 Å². The van der Waals surface area contributed by atoms with Crippen molar-refractivity contribution in [3.8, 4) is 0 Å². The Hall–Kier alpha value is -3.84. The minimum atomic E-state index is -0.878. The largest absolute Gasteiger partial charge is 0.385 e. The zero-order chi connectivity index (χ0) is 23.3. The van der Waals surface area contributed by atoms with Gasteiger partial charge >= 0.3 is 0 Å². The molecule has 2 heterocycles. The van der Waals surface area contributed by atoms with Crippen LogP contribution in [0.3, 0.4) is 0 Å². The number of hydrogen-bond acceptors (Lipinski definition) is 4. The second-order valence-corrected chi connectivity index (χ2v) is 7.12. The first kappa shape index (κ1) is 22.8. The molecule has 1 aliphatic rings. The van der Waals surface area contributed by atoms with Crippen molar-refractivity contribution in [3.63, 3.8) is 0 Å². The van der Waals surface area contributed by atoms with Crippen LogP contribution in [0.2, 0.25) is 0 Å². The zero-order valence-electron chi connectivity index (χ0n) is 17.4. The van der Waals surface area contributed by atoms with E-state index in [-0.39, 0.29) is 20.5 Å². The highest BCUT2D eigenvalue weighted by molar-refractivity contribution is 5.82. The number of pyridine rings is 2. The van der Waals surface area contributed by atoms with Crippen LogP contribution in [0, 0.1) is 17.5 Å². The lowest BCUT2D eigenvalue weighted by atomic mass is 10.1. The van der Waals surface area contributed by atoms with E-state index in [0.29, 0.717) is 17.0 Å². The van der Waals surface area contributed by atoms with Crippen LogP contribution in [0.1, 0.15) is 33.5 Å². The van der Waals surface area contributed by atoms with Crippen molar-refractivity contribution in [3.05, 3.63) is 93.1 Å². The third-order valence-electron chi connectivity index (χ3n) is 4.74. The van der Waals surface area contributed by atoms with Gasteiger partial charge in [0.25, 0.3) is 5.56 Å². The predicted molar refractivity (Wildman–Crippen MR) is 118 cm³/mol. The molecule has 1 amide bonds. The molecule has 32 heavy (non-hydrogen) atoms. The first-order chi connectivity index (χ1) is 15.3. The van der Waals surface area contributed by atoms with E-state index in [0.717, 1.165) is 12.6 Å². The molecule has 1 atom stereocenters. The van der Waals surface area contributed by atoms with E-state index < -0.39 is 35.0 Å². The van der Waals surface area contributed by atoms with Gasteiger partial charge in [0.1, 0.15) is 17.5 Å². The first-order valence-corrected chi connectivity index (χ1v) is 9.80. The maximum atomic E-state index is 13.7. The van der Waals surface area contributed by atoms with E-state index in [1.807, 2.05) is 13.1 Å². The molecule has 0 unspecified atom stereocenters. The molecule has 170 valence electrons. The van der Waals surface area contributed by atoms with E-state index in [9.17, 15) is 22.8 Å². The molecule has 9 heteroatoms. The minimum absolute atomic E-state index is 0. The third-order valence-corrected chi connectivity index (χ3v) is 4.74. The van der Waals surface area contributed by atoms with Crippen molar-refractivity contribution in [1.82, 2.24) is 20.6 Å². The maximum absolute atomic E-state index is 13.7. The second-order valence-electron chi connectivity index (χ2n) is 7.12. The average Bonchev–Trinajstić information content (AvgIpc) is 2.68. The Kier molecular flexibility index (Phi) is 7.12. The van der Waals surface area contributed by atoms with Crippen molar-refractivity contribution in [2.45, 2.75) is 25.8 Å². The molecule has 6 nitrogen and oxygen atoms in total. The number of halogens is 3. The molecule has 3 aromatic rings. The third kappa shape index (κ3) is 5.65. The van der Waals surface area contributed by atoms with E-state index >= 15 is 0 Å². The number of rotatable bonds is 5. The average molecular weight is 446 g/mol. The lowest BCUT2D eigenvalue weighted by Gasteiger charge is -2.14. The van der Waals surface area contributed by atoms with Crippen molar-refractivity contribution < 1.29 is 20.8 Å². The van der Waals surface area contributed by atoms with Crippen molar-refractivity contribution in [1.29, 1.82) is 0 Å². The van der Waals surface area contributed by atoms with Crippen LogP contribution in [0.15, 0.2) is 58.8 Å². The quantitative estimate of drug-likeness (QED) is 0.519. The number of hydrogen-bond donors (Lipinski definition) is 3. The summed E-state index contributed by atoms with van der Waals surface area (Å²) in [5.41, 5.74) is 4.19. The first-order valence-electron chi connectivity index (χ1n) is 9.80. The number of carbonyl (C=O) groups excluding carboxylic acids is 1. The highest BCUT2D eigenvalue weighted by atomic mass is 19.1. The van der Waals surface area contributed by atoms with E-state index in [2.05, 4.69) is 26.3 Å². The lowest BCUT2D eigenvalue weighted by Crippen LogP contribution is -2.31. The van der Waals surface area contributed by atoms with Crippen molar-refractivity contribution in [2.24, 2.45) is 0 Å². The number of aromatic amines is 1. The molecular formula is C23H25F3N4O2. The molecule has 0 radical (unpaired) electrons. The smallest absolute Gasteiger partial charge is 0.252 e. The predicted octanol–water partition coefficient (Wildman–Crippen LogP) is 3.90. The molecule has 0 saturated carbocycles. The van der Waals surface area contributed by atoms with Gasteiger partial charge in [-0.05, 0) is 37.3 Å². The zero-order valence-corrected chi connectivity index (χ0v) is 17.4. The summed E-state index contributed by atoms with van der Waals surface area (Å²) in [5.74, 6) is -2.72. The fourth-order valence-corrected chi connectivity index (χ4v) is 3.01. The maximum Gasteiger partial charge on any atom is 0.252 e. The summed E-state index contributed by atoms with van der Waals surface area (Å²) >= 11 is 0. The second kappa shape index (κ2) is 9.98. The van der Waals surface area contributed by atoms with Crippen LogP contribution in [-0.4, -0.2) is 22.9 Å². The van der Waals surface area contributed by atoms with Gasteiger partial charge in [0.05, 0.1) is 30.1 Å². The highest BCUT2D eigenvalue weighted by Crippen LogP contribution is 2.16. The fourth-order valence-electron chi connectivity index (χ4n) is 3.01. The van der Waals surface area contributed by atoms with E-state index in [1.54, 1.807) is 0 Å². The summed E-state index contributed by atoms with van der Waals surface area (Å²) < 4.78 is 39.9. The molecule has 2 aromatic heterocycles. The van der Waals surface area contributed by atoms with Crippen LogP contribution >= 0.6 is 0 Å². The van der Waals surface area contributed by atoms with Gasteiger partial charge in [-0.25, -0.2) is 13.2 Å². The molecule has 0 fully saturated rings. The van der Waals surface area contributed by atoms with Crippen LogP contribution in [-0.2, 0) is 11.2 Å². The van der Waals surface area contributed by atoms with Gasteiger partial charge in [-0.15, -0.1) is 5.73 Å². The topological polar surface area (TPSA) is 86.9 Å². The molecule has 0 bridgehead atoms. The Morgan fingerprint density at radius 3 is 2.59 bits per heavy atom. The molecular weight excluding hydrogens is 421 g/mol. The lowest BCUT2D eigenvalue weighted by molar-refractivity contribution is -0.121. The Balaban J connectivity index is 0.000000631. The number of benzene rings is 1. The summed E-state index contributed by atoms with van der Waals surface area (Å²) in [5, 5.41) is 5.93. The number of H-pyrrole nitrogens is 1. The molecule has 0 saturated heterocycles. The summed E-state index contributed by atoms with van der Waals surface area (Å²) in [6.45, 7) is 1.49. The number of nitrogens with zero attached hydrogens (tertiary/aromatic N) is 1. The normalized spacial score (nSPS) is 12.8. The molecule has 0 spiro atoms. The summed E-state index contributed by atoms with van der Waals surface area (Å²) in [6.07, 6.45) is 3.65. The van der Waals surface area contributed by atoms with Gasteiger partial charge < -0.3 is 15.6 Å². The monoisotopic (exact) mass is 446 g/mol. The molecule has 1 aromatic carbocycles. The van der Waals surface area contributed by atoms with Gasteiger partial charge in [0.15, 0.2) is 0 Å². The molecule has 1 aliphatic carbocycles. The summed E-state index contributed by atoms with van der Waals surface area (Å²) in [7, 11) is 1.91. The van der Waals surface area contributed by atoms with Gasteiger partial charge in [-0.3, -0.25) is 14.6 Å². The number of amides is 1. The van der Waals surface area contributed by atoms with Crippen LogP contribution in [0.5, 0.6) is 0 Å². The Bertz CT molecular complexity index is 1290. The summed E-state index contributed by atoms with van der Waals surface area (Å²) in [6, 6.07) is 5.18. The number of fused-ring (bicyclic) bond motifs is 1. The van der Waals surface area contributed by atoms with Gasteiger partial charge in [0, 0.05) is 38.9 Å². The Morgan fingerprint density at radius 2 is 2.00 bits per heavy atom. The molecule has 0 aliphatic heterocycles. The van der Waals surface area contributed by atoms with Crippen molar-refractivity contribution in [2.75, 3.05) is 7.05 Å². The van der Waals surface area contributed by atoms with Gasteiger partial charge in [-0.1, -0.05) is 0 Å². The standard InChI is InChI=1S/C18H14F3N3O2.C5H7N.2H2/c1-9(17-14(21)7-13(20)8-22-17)23-16(25)6-11-4-10-5-12(19)2-3-15(10)24-18(11)26;1-6-5-3-2-4-5;;/h2-5,7-9H,6H2,1H3,(H,23,25)(H,24,26);2,6H,3H2,1H3;2*1H/t9-;;;/m0.../s1. The minimum Gasteiger partial charge on any atom is -0.385 e. The van der Waals surface area contributed by atoms with E-state index in [1.165, 1.54) is 36.9 Å². The highest BCUT2D eigenvalue weighted by Gasteiger charge is 2.17. The number of nitrogens with one attached hydrogen (secondary N) is 3. The van der Waals surface area contributed by atoms with Gasteiger partial charge in [-0.2, -0.15) is 0 Å². The number of aromatic nitrogens is 2. The Morgan fingerprint density at radius 1 is 1.25 bits per heavy atom. The van der Waals surface area contributed by atoms with Crippen LogP contribution < -0.4 is 16.2 Å². The molecule has 4 rings (SSSR count). The molecule has 3 N–H and O–H groups in total. The van der Waals surface area contributed by atoms with Gasteiger partial charge in [0.2, 0.25) is 5.91 Å².